The van der Waals surface area contributed by atoms with Gasteiger partial charge in [-0.3, -0.25) is 4.79 Å². The second kappa shape index (κ2) is 9.02. The maximum atomic E-state index is 13.0. The molecule has 1 aromatic heterocycles. The molecule has 0 unspecified atom stereocenters. The van der Waals surface area contributed by atoms with E-state index in [0.717, 1.165) is 30.8 Å². The van der Waals surface area contributed by atoms with Crippen LogP contribution in [0.15, 0.2) is 60.8 Å². The minimum atomic E-state index is -4.44. The number of hydrogen-bond acceptors (Lipinski definition) is 3. The van der Waals surface area contributed by atoms with E-state index in [9.17, 15) is 18.0 Å². The molecule has 1 N–H and O–H groups in total. The average Bonchev–Trinajstić information content (AvgIpc) is 3.12. The molecule has 3 aromatic rings. The van der Waals surface area contributed by atoms with Crippen molar-refractivity contribution in [1.82, 2.24) is 15.1 Å². The van der Waals surface area contributed by atoms with E-state index in [1.54, 1.807) is 6.92 Å². The number of carbonyl (C=O) groups is 1. The van der Waals surface area contributed by atoms with Crippen molar-refractivity contribution in [2.75, 3.05) is 25.0 Å². The Balaban J connectivity index is 1.60. The van der Waals surface area contributed by atoms with E-state index >= 15 is 0 Å². The van der Waals surface area contributed by atoms with Crippen molar-refractivity contribution in [1.29, 1.82) is 0 Å². The van der Waals surface area contributed by atoms with Crippen molar-refractivity contribution in [2.24, 2.45) is 0 Å². The normalized spacial score (nSPS) is 11.4. The van der Waals surface area contributed by atoms with Gasteiger partial charge in [-0.25, -0.2) is 4.68 Å². The number of rotatable bonds is 7. The smallest absolute Gasteiger partial charge is 0.375 e. The summed E-state index contributed by atoms with van der Waals surface area (Å²) in [6, 6.07) is 14.8. The molecule has 1 heterocycles. The number of halogens is 3. The van der Waals surface area contributed by atoms with Gasteiger partial charge in [-0.1, -0.05) is 24.3 Å². The van der Waals surface area contributed by atoms with Crippen LogP contribution in [0.3, 0.4) is 0 Å². The Kier molecular flexibility index (Phi) is 6.44. The lowest BCUT2D eigenvalue weighted by Gasteiger charge is -2.19. The van der Waals surface area contributed by atoms with Crippen LogP contribution in [0.4, 0.5) is 18.9 Å². The Hall–Kier alpha value is -3.29. The fraction of sp³-hybridized carbons (Fsp3) is 0.273. The predicted octanol–water partition coefficient (Wildman–Crippen LogP) is 4.46. The van der Waals surface area contributed by atoms with Gasteiger partial charge >= 0.3 is 6.18 Å². The number of nitrogens with zero attached hydrogens (tertiary/aromatic N) is 3. The Bertz CT molecular complexity index is 999. The molecular formula is C22H23F3N4O. The summed E-state index contributed by atoms with van der Waals surface area (Å²) in [4.78, 5) is 14.6. The third kappa shape index (κ3) is 5.00. The summed E-state index contributed by atoms with van der Waals surface area (Å²) >= 11 is 0. The summed E-state index contributed by atoms with van der Waals surface area (Å²) in [5.74, 6) is -0.298. The summed E-state index contributed by atoms with van der Waals surface area (Å²) in [6.07, 6.45) is -2.32. The number of para-hydroxylation sites is 1. The molecule has 3 rings (SSSR count). The Morgan fingerprint density at radius 3 is 2.57 bits per heavy atom. The second-order valence-electron chi connectivity index (χ2n) is 6.97. The van der Waals surface area contributed by atoms with Crippen LogP contribution >= 0.6 is 0 Å². The maximum Gasteiger partial charge on any atom is 0.416 e. The topological polar surface area (TPSA) is 50.2 Å². The Morgan fingerprint density at radius 2 is 1.87 bits per heavy atom. The summed E-state index contributed by atoms with van der Waals surface area (Å²) < 4.78 is 40.2. The first-order valence-electron chi connectivity index (χ1n) is 9.54. The second-order valence-corrected chi connectivity index (χ2v) is 6.97. The summed E-state index contributed by atoms with van der Waals surface area (Å²) in [7, 11) is 1.99. The molecular weight excluding hydrogens is 393 g/mol. The lowest BCUT2D eigenvalue weighted by Crippen LogP contribution is -2.28. The number of nitrogens with one attached hydrogen (secondary N) is 1. The van der Waals surface area contributed by atoms with Gasteiger partial charge in [-0.05, 0) is 43.7 Å². The summed E-state index contributed by atoms with van der Waals surface area (Å²) in [5.41, 5.74) is 1.41. The van der Waals surface area contributed by atoms with Crippen molar-refractivity contribution in [3.63, 3.8) is 0 Å². The zero-order chi connectivity index (χ0) is 21.7. The van der Waals surface area contributed by atoms with Gasteiger partial charge in [0.2, 0.25) is 0 Å². The Labute approximate surface area is 173 Å². The van der Waals surface area contributed by atoms with E-state index in [0.29, 0.717) is 17.8 Å². The number of alkyl halides is 3. The van der Waals surface area contributed by atoms with E-state index < -0.39 is 11.7 Å². The van der Waals surface area contributed by atoms with Crippen molar-refractivity contribution >= 4 is 11.6 Å². The highest BCUT2D eigenvalue weighted by Gasteiger charge is 2.30. The van der Waals surface area contributed by atoms with E-state index in [1.165, 1.54) is 23.0 Å². The van der Waals surface area contributed by atoms with Crippen molar-refractivity contribution in [2.45, 2.75) is 19.5 Å². The van der Waals surface area contributed by atoms with Crippen LogP contribution in [0.1, 0.15) is 28.0 Å². The average molecular weight is 416 g/mol. The number of amides is 1. The highest BCUT2D eigenvalue weighted by molar-refractivity contribution is 5.95. The zero-order valence-electron chi connectivity index (χ0n) is 16.8. The molecule has 30 heavy (non-hydrogen) atoms. The molecule has 1 amide bonds. The predicted molar refractivity (Wildman–Crippen MR) is 110 cm³/mol. The van der Waals surface area contributed by atoms with Gasteiger partial charge in [-0.15, -0.1) is 0 Å². The number of carbonyl (C=O) groups excluding carboxylic acids is 1. The van der Waals surface area contributed by atoms with Crippen LogP contribution in [-0.4, -0.2) is 35.8 Å². The zero-order valence-corrected chi connectivity index (χ0v) is 16.8. The molecule has 158 valence electrons. The van der Waals surface area contributed by atoms with Crippen molar-refractivity contribution in [3.8, 4) is 5.69 Å². The van der Waals surface area contributed by atoms with Gasteiger partial charge in [0.05, 0.1) is 28.7 Å². The first-order chi connectivity index (χ1) is 14.3. The van der Waals surface area contributed by atoms with Gasteiger partial charge in [-0.2, -0.15) is 18.3 Å². The highest BCUT2D eigenvalue weighted by Crippen LogP contribution is 2.30. The fourth-order valence-electron chi connectivity index (χ4n) is 3.13. The SMILES string of the molecule is Cc1c(C(=O)NCCCN(C)c2ccccc2)cnn1-c1cccc(C(F)(F)F)c1. The summed E-state index contributed by atoms with van der Waals surface area (Å²) in [5, 5.41) is 6.95. The molecule has 0 bridgehead atoms. The third-order valence-electron chi connectivity index (χ3n) is 4.83. The largest absolute Gasteiger partial charge is 0.416 e. The standard InChI is InChI=1S/C22H23F3N4O/c1-16-20(15-27-29(16)19-11-6-8-17(14-19)22(23,24)25)21(30)26-12-7-13-28(2)18-9-4-3-5-10-18/h3-6,8-11,14-15H,7,12-13H2,1-2H3,(H,26,30). The van der Waals surface area contributed by atoms with Crippen LogP contribution in [-0.2, 0) is 6.18 Å². The minimum Gasteiger partial charge on any atom is -0.375 e. The van der Waals surface area contributed by atoms with Gasteiger partial charge in [0, 0.05) is 25.8 Å². The summed E-state index contributed by atoms with van der Waals surface area (Å²) in [6.45, 7) is 2.91. The molecule has 0 fully saturated rings. The molecule has 0 aliphatic heterocycles. The molecule has 0 atom stereocenters. The molecule has 5 nitrogen and oxygen atoms in total. The molecule has 0 radical (unpaired) electrons. The van der Waals surface area contributed by atoms with Gasteiger partial charge in [0.25, 0.3) is 5.91 Å². The molecule has 0 saturated carbocycles. The van der Waals surface area contributed by atoms with E-state index in [-0.39, 0.29) is 11.6 Å². The minimum absolute atomic E-state index is 0.255. The quantitative estimate of drug-likeness (QED) is 0.579. The van der Waals surface area contributed by atoms with Crippen LogP contribution in [0.2, 0.25) is 0 Å². The lowest BCUT2D eigenvalue weighted by molar-refractivity contribution is -0.137. The molecule has 0 saturated heterocycles. The van der Waals surface area contributed by atoms with Crippen molar-refractivity contribution < 1.29 is 18.0 Å². The van der Waals surface area contributed by atoms with Crippen LogP contribution < -0.4 is 10.2 Å². The third-order valence-corrected chi connectivity index (χ3v) is 4.83. The molecule has 2 aromatic carbocycles. The number of anilines is 1. The first kappa shape index (κ1) is 21.4. The monoisotopic (exact) mass is 416 g/mol. The van der Waals surface area contributed by atoms with Crippen molar-refractivity contribution in [3.05, 3.63) is 77.6 Å². The van der Waals surface area contributed by atoms with Gasteiger partial charge in [0.15, 0.2) is 0 Å². The van der Waals surface area contributed by atoms with Crippen LogP contribution in [0.5, 0.6) is 0 Å². The molecule has 0 spiro atoms. The number of benzene rings is 2. The Morgan fingerprint density at radius 1 is 1.13 bits per heavy atom. The fourth-order valence-corrected chi connectivity index (χ4v) is 3.13. The van der Waals surface area contributed by atoms with E-state index in [4.69, 9.17) is 0 Å². The first-order valence-corrected chi connectivity index (χ1v) is 9.54. The molecule has 0 aliphatic carbocycles. The lowest BCUT2D eigenvalue weighted by atomic mass is 10.2. The van der Waals surface area contributed by atoms with Gasteiger partial charge in [0.1, 0.15) is 0 Å². The van der Waals surface area contributed by atoms with Crippen LogP contribution in [0, 0.1) is 6.92 Å². The molecule has 8 heteroatoms. The number of hydrogen-bond donors (Lipinski definition) is 1. The maximum absolute atomic E-state index is 13.0. The highest BCUT2D eigenvalue weighted by atomic mass is 19.4. The van der Waals surface area contributed by atoms with Gasteiger partial charge < -0.3 is 10.2 Å². The molecule has 0 aliphatic rings. The number of aromatic nitrogens is 2. The van der Waals surface area contributed by atoms with E-state index in [2.05, 4.69) is 15.3 Å². The van der Waals surface area contributed by atoms with Crippen LogP contribution in [0.25, 0.3) is 5.69 Å². The van der Waals surface area contributed by atoms with E-state index in [1.807, 2.05) is 37.4 Å².